The highest BCUT2D eigenvalue weighted by Gasteiger charge is 2.12. The first-order valence-corrected chi connectivity index (χ1v) is 6.62. The van der Waals surface area contributed by atoms with E-state index in [2.05, 4.69) is 5.16 Å². The Balaban J connectivity index is 2.33. The number of rotatable bonds is 4. The second kappa shape index (κ2) is 6.45. The molecule has 2 aromatic carbocycles. The molecule has 4 nitrogen and oxygen atoms in total. The van der Waals surface area contributed by atoms with Crippen molar-refractivity contribution >= 4 is 23.1 Å². The lowest BCUT2D eigenvalue weighted by Crippen LogP contribution is -2.22. The SMILES string of the molecule is CN(Cc1cccc(F)c1)c1ccc(Cl)cc1C(N)=NO. The molecule has 0 heterocycles. The van der Waals surface area contributed by atoms with Crippen LogP contribution in [0.2, 0.25) is 5.02 Å². The Morgan fingerprint density at radius 2 is 2.10 bits per heavy atom. The van der Waals surface area contributed by atoms with Crippen LogP contribution in [0.25, 0.3) is 0 Å². The van der Waals surface area contributed by atoms with E-state index in [-0.39, 0.29) is 11.7 Å². The van der Waals surface area contributed by atoms with E-state index in [9.17, 15) is 4.39 Å². The molecule has 110 valence electrons. The first-order valence-electron chi connectivity index (χ1n) is 6.24. The largest absolute Gasteiger partial charge is 0.409 e. The fourth-order valence-corrected chi connectivity index (χ4v) is 2.27. The van der Waals surface area contributed by atoms with Gasteiger partial charge >= 0.3 is 0 Å². The van der Waals surface area contributed by atoms with Crippen LogP contribution in [-0.2, 0) is 6.54 Å². The van der Waals surface area contributed by atoms with E-state index < -0.39 is 0 Å². The highest BCUT2D eigenvalue weighted by molar-refractivity contribution is 6.31. The highest BCUT2D eigenvalue weighted by atomic mass is 35.5. The van der Waals surface area contributed by atoms with Gasteiger partial charge in [-0.05, 0) is 35.9 Å². The fraction of sp³-hybridized carbons (Fsp3) is 0.133. The van der Waals surface area contributed by atoms with Crippen molar-refractivity contribution in [3.05, 3.63) is 64.4 Å². The van der Waals surface area contributed by atoms with E-state index in [1.807, 2.05) is 18.0 Å². The van der Waals surface area contributed by atoms with Crippen molar-refractivity contribution in [1.82, 2.24) is 0 Å². The van der Waals surface area contributed by atoms with Gasteiger partial charge in [0.1, 0.15) is 5.82 Å². The maximum absolute atomic E-state index is 13.2. The van der Waals surface area contributed by atoms with Gasteiger partial charge in [0.05, 0.1) is 0 Å². The summed E-state index contributed by atoms with van der Waals surface area (Å²) < 4.78 is 13.2. The summed E-state index contributed by atoms with van der Waals surface area (Å²) in [6, 6.07) is 11.5. The van der Waals surface area contributed by atoms with Crippen molar-refractivity contribution in [2.75, 3.05) is 11.9 Å². The van der Waals surface area contributed by atoms with E-state index >= 15 is 0 Å². The van der Waals surface area contributed by atoms with E-state index in [1.54, 1.807) is 24.3 Å². The fourth-order valence-electron chi connectivity index (χ4n) is 2.09. The number of hydrogen-bond acceptors (Lipinski definition) is 3. The normalized spacial score (nSPS) is 11.5. The number of benzene rings is 2. The highest BCUT2D eigenvalue weighted by Crippen LogP contribution is 2.25. The third kappa shape index (κ3) is 3.64. The van der Waals surface area contributed by atoms with Gasteiger partial charge in [-0.1, -0.05) is 28.9 Å². The summed E-state index contributed by atoms with van der Waals surface area (Å²) in [5.41, 5.74) is 7.74. The topological polar surface area (TPSA) is 61.8 Å². The molecule has 0 saturated carbocycles. The molecule has 0 atom stereocenters. The molecule has 21 heavy (non-hydrogen) atoms. The summed E-state index contributed by atoms with van der Waals surface area (Å²) in [5.74, 6) is -0.313. The zero-order valence-electron chi connectivity index (χ0n) is 11.4. The van der Waals surface area contributed by atoms with Gasteiger partial charge in [-0.3, -0.25) is 0 Å². The molecule has 0 amide bonds. The molecule has 2 aromatic rings. The van der Waals surface area contributed by atoms with Gasteiger partial charge in [0, 0.05) is 29.9 Å². The van der Waals surface area contributed by atoms with Crippen LogP contribution in [0.1, 0.15) is 11.1 Å². The van der Waals surface area contributed by atoms with Crippen LogP contribution >= 0.6 is 11.6 Å². The Morgan fingerprint density at radius 3 is 2.76 bits per heavy atom. The maximum Gasteiger partial charge on any atom is 0.172 e. The standard InChI is InChI=1S/C15H15ClFN3O/c1-20(9-10-3-2-4-12(17)7-10)14-6-5-11(16)8-13(14)15(18)19-21/h2-8,21H,9H2,1H3,(H2,18,19). The van der Waals surface area contributed by atoms with Crippen LogP contribution in [-0.4, -0.2) is 18.1 Å². The Morgan fingerprint density at radius 1 is 1.33 bits per heavy atom. The van der Waals surface area contributed by atoms with E-state index in [1.165, 1.54) is 12.1 Å². The maximum atomic E-state index is 13.2. The van der Waals surface area contributed by atoms with Crippen LogP contribution in [0, 0.1) is 5.82 Å². The molecule has 2 rings (SSSR count). The van der Waals surface area contributed by atoms with Crippen molar-refractivity contribution < 1.29 is 9.60 Å². The average molecular weight is 308 g/mol. The van der Waals surface area contributed by atoms with Crippen LogP contribution in [0.5, 0.6) is 0 Å². The molecular formula is C15H15ClFN3O. The summed E-state index contributed by atoms with van der Waals surface area (Å²) in [6.07, 6.45) is 0. The molecular weight excluding hydrogens is 293 g/mol. The van der Waals surface area contributed by atoms with Crippen LogP contribution in [0.3, 0.4) is 0 Å². The van der Waals surface area contributed by atoms with E-state index in [0.717, 1.165) is 11.3 Å². The first-order chi connectivity index (χ1) is 10.0. The second-order valence-electron chi connectivity index (χ2n) is 4.63. The lowest BCUT2D eigenvalue weighted by atomic mass is 10.1. The molecule has 0 bridgehead atoms. The zero-order chi connectivity index (χ0) is 15.4. The Kier molecular flexibility index (Phi) is 4.65. The average Bonchev–Trinajstić information content (AvgIpc) is 2.46. The first kappa shape index (κ1) is 15.1. The van der Waals surface area contributed by atoms with Gasteiger partial charge in [0.2, 0.25) is 0 Å². The second-order valence-corrected chi connectivity index (χ2v) is 5.07. The summed E-state index contributed by atoms with van der Waals surface area (Å²) in [4.78, 5) is 1.87. The third-order valence-corrected chi connectivity index (χ3v) is 3.30. The van der Waals surface area contributed by atoms with Crippen LogP contribution in [0.15, 0.2) is 47.6 Å². The molecule has 0 aliphatic heterocycles. The minimum atomic E-state index is -0.284. The smallest absolute Gasteiger partial charge is 0.172 e. The van der Waals surface area contributed by atoms with Crippen molar-refractivity contribution in [2.24, 2.45) is 10.9 Å². The molecule has 0 aromatic heterocycles. The number of hydrogen-bond donors (Lipinski definition) is 2. The molecule has 3 N–H and O–H groups in total. The summed E-state index contributed by atoms with van der Waals surface area (Å²) >= 11 is 5.94. The lowest BCUT2D eigenvalue weighted by molar-refractivity contribution is 0.318. The van der Waals surface area contributed by atoms with Gasteiger partial charge in [0.25, 0.3) is 0 Å². The van der Waals surface area contributed by atoms with Gasteiger partial charge in [-0.15, -0.1) is 0 Å². The van der Waals surface area contributed by atoms with Gasteiger partial charge < -0.3 is 15.8 Å². The number of nitrogens with zero attached hydrogens (tertiary/aromatic N) is 2. The quantitative estimate of drug-likeness (QED) is 0.394. The minimum Gasteiger partial charge on any atom is -0.409 e. The monoisotopic (exact) mass is 307 g/mol. The molecule has 0 fully saturated rings. The Bertz CT molecular complexity index is 676. The van der Waals surface area contributed by atoms with Gasteiger partial charge in [-0.25, -0.2) is 4.39 Å². The summed E-state index contributed by atoms with van der Waals surface area (Å²) in [6.45, 7) is 0.477. The summed E-state index contributed by atoms with van der Waals surface area (Å²) in [5, 5.41) is 12.4. The van der Waals surface area contributed by atoms with Crippen molar-refractivity contribution in [3.8, 4) is 0 Å². The number of anilines is 1. The Labute approximate surface area is 127 Å². The predicted octanol–water partition coefficient (Wildman–Crippen LogP) is 3.21. The minimum absolute atomic E-state index is 0.0291. The number of amidine groups is 1. The van der Waals surface area contributed by atoms with Gasteiger partial charge in [-0.2, -0.15) is 0 Å². The number of halogens is 2. The predicted molar refractivity (Wildman–Crippen MR) is 82.5 cm³/mol. The molecule has 0 unspecified atom stereocenters. The van der Waals surface area contributed by atoms with Crippen LogP contribution in [0.4, 0.5) is 10.1 Å². The van der Waals surface area contributed by atoms with Gasteiger partial charge in [0.15, 0.2) is 5.84 Å². The molecule has 0 radical (unpaired) electrons. The van der Waals surface area contributed by atoms with Crippen molar-refractivity contribution in [3.63, 3.8) is 0 Å². The lowest BCUT2D eigenvalue weighted by Gasteiger charge is -2.22. The number of oxime groups is 1. The summed E-state index contributed by atoms with van der Waals surface area (Å²) in [7, 11) is 1.84. The molecule has 0 spiro atoms. The van der Waals surface area contributed by atoms with Crippen molar-refractivity contribution in [2.45, 2.75) is 6.54 Å². The third-order valence-electron chi connectivity index (χ3n) is 3.06. The van der Waals surface area contributed by atoms with E-state index in [0.29, 0.717) is 17.1 Å². The molecule has 0 saturated heterocycles. The number of nitrogens with two attached hydrogens (primary N) is 1. The van der Waals surface area contributed by atoms with Crippen LogP contribution < -0.4 is 10.6 Å². The Hall–Kier alpha value is -2.27. The molecule has 0 aliphatic carbocycles. The zero-order valence-corrected chi connectivity index (χ0v) is 12.2. The molecule has 6 heteroatoms. The molecule has 0 aliphatic rings. The van der Waals surface area contributed by atoms with Crippen molar-refractivity contribution in [1.29, 1.82) is 0 Å². The van der Waals surface area contributed by atoms with E-state index in [4.69, 9.17) is 22.5 Å².